The van der Waals surface area contributed by atoms with Gasteiger partial charge >= 0.3 is 7.25 Å². The Morgan fingerprint density at radius 1 is 0.971 bits per heavy atom. The van der Waals surface area contributed by atoms with Crippen molar-refractivity contribution in [1.82, 2.24) is 9.55 Å². The number of fused-ring (bicyclic) bond motifs is 4. The maximum atomic E-state index is 9.75. The smallest absolute Gasteiger partial charge is 0.418 e. The molecule has 1 aliphatic rings. The highest BCUT2D eigenvalue weighted by atomic mass is 19.5. The minimum atomic E-state index is -6.00. The van der Waals surface area contributed by atoms with E-state index in [1.54, 1.807) is 0 Å². The summed E-state index contributed by atoms with van der Waals surface area (Å²) in [6.07, 6.45) is 7.51. The molecule has 5 rings (SSSR count). The lowest BCUT2D eigenvalue weighted by molar-refractivity contribution is -0.401. The molecule has 3 heterocycles. The molecule has 1 aliphatic heterocycles. The summed E-state index contributed by atoms with van der Waals surface area (Å²) in [5, 5.41) is 2.51. The number of hydrogen-bond acceptors (Lipinski definition) is 1. The van der Waals surface area contributed by atoms with Crippen molar-refractivity contribution < 1.29 is 21.8 Å². The van der Waals surface area contributed by atoms with Crippen LogP contribution in [-0.2, 0) is 12.0 Å². The maximum Gasteiger partial charge on any atom is 0.673 e. The predicted molar refractivity (Wildman–Crippen MR) is 137 cm³/mol. The van der Waals surface area contributed by atoms with E-state index in [4.69, 9.17) is 0 Å². The van der Waals surface area contributed by atoms with Crippen molar-refractivity contribution in [3.05, 3.63) is 78.0 Å². The first kappa shape index (κ1) is 24.7. The van der Waals surface area contributed by atoms with E-state index in [1.165, 1.54) is 38.8 Å². The fourth-order valence-corrected chi connectivity index (χ4v) is 4.97. The Bertz CT molecular complexity index is 1440. The Kier molecular flexibility index (Phi) is 6.58. The molecule has 2 aromatic heterocycles. The van der Waals surface area contributed by atoms with Gasteiger partial charge in [-0.05, 0) is 56.2 Å². The standard InChI is InChI=1S/C27H28N3.BF4/c1-5-17-30-23-14-12-19(18-21(23)20-9-8-16-28-26(20)30)13-15-25-27(2,3)22-10-6-7-11-24(22)29(25)4;2-1(3,4)5/h6-16,18H,5,17H2,1-4H3;/q+1;-1. The van der Waals surface area contributed by atoms with E-state index >= 15 is 0 Å². The van der Waals surface area contributed by atoms with E-state index in [-0.39, 0.29) is 5.41 Å². The summed E-state index contributed by atoms with van der Waals surface area (Å²) >= 11 is 0. The molecule has 0 saturated heterocycles. The number of halogens is 4. The van der Waals surface area contributed by atoms with Gasteiger partial charge in [-0.1, -0.05) is 31.2 Å². The highest BCUT2D eigenvalue weighted by Gasteiger charge is 2.42. The highest BCUT2D eigenvalue weighted by Crippen LogP contribution is 2.39. The van der Waals surface area contributed by atoms with Gasteiger partial charge in [-0.3, -0.25) is 0 Å². The molecule has 0 amide bonds. The van der Waals surface area contributed by atoms with E-state index in [0.717, 1.165) is 18.6 Å². The highest BCUT2D eigenvalue weighted by molar-refractivity contribution is 6.50. The summed E-state index contributed by atoms with van der Waals surface area (Å²) in [6, 6.07) is 19.7. The van der Waals surface area contributed by atoms with Gasteiger partial charge in [0, 0.05) is 41.2 Å². The van der Waals surface area contributed by atoms with Gasteiger partial charge in [0.25, 0.3) is 0 Å². The zero-order valence-corrected chi connectivity index (χ0v) is 20.3. The molecule has 4 aromatic rings. The second-order valence-electron chi connectivity index (χ2n) is 9.22. The summed E-state index contributed by atoms with van der Waals surface area (Å²) in [7, 11) is -3.83. The summed E-state index contributed by atoms with van der Waals surface area (Å²) in [6.45, 7) is 7.82. The molecule has 0 spiro atoms. The van der Waals surface area contributed by atoms with E-state index in [0.29, 0.717) is 0 Å². The van der Waals surface area contributed by atoms with Crippen molar-refractivity contribution >= 4 is 46.7 Å². The summed E-state index contributed by atoms with van der Waals surface area (Å²) < 4.78 is 43.7. The van der Waals surface area contributed by atoms with Crippen LogP contribution in [0.3, 0.4) is 0 Å². The number of benzene rings is 2. The Labute approximate surface area is 202 Å². The van der Waals surface area contributed by atoms with Crippen LogP contribution in [0.15, 0.2) is 66.9 Å². The molecule has 0 saturated carbocycles. The lowest BCUT2D eigenvalue weighted by Gasteiger charge is -2.15. The minimum Gasteiger partial charge on any atom is -0.418 e. The number of allylic oxidation sites excluding steroid dienone is 1. The average Bonchev–Trinajstić information content (AvgIpc) is 3.21. The first-order valence-electron chi connectivity index (χ1n) is 11.7. The number of nitrogens with zero attached hydrogens (tertiary/aromatic N) is 3. The van der Waals surface area contributed by atoms with Gasteiger partial charge in [-0.25, -0.2) is 4.98 Å². The number of hydrogen-bond donors (Lipinski definition) is 0. The molecular weight excluding hydrogens is 453 g/mol. The van der Waals surface area contributed by atoms with Crippen LogP contribution in [0.5, 0.6) is 0 Å². The van der Waals surface area contributed by atoms with Crippen LogP contribution in [0.2, 0.25) is 0 Å². The second kappa shape index (κ2) is 9.32. The fraction of sp³-hybridized carbons (Fsp3) is 0.259. The van der Waals surface area contributed by atoms with Crippen molar-refractivity contribution in [3.8, 4) is 0 Å². The summed E-state index contributed by atoms with van der Waals surface area (Å²) in [5.74, 6) is 0. The third-order valence-electron chi connectivity index (χ3n) is 6.47. The van der Waals surface area contributed by atoms with E-state index in [9.17, 15) is 17.3 Å². The maximum absolute atomic E-state index is 9.75. The van der Waals surface area contributed by atoms with Gasteiger partial charge in [-0.2, -0.15) is 4.58 Å². The normalized spacial score (nSPS) is 15.1. The largest absolute Gasteiger partial charge is 0.673 e. The lowest BCUT2D eigenvalue weighted by Crippen LogP contribution is -2.26. The van der Waals surface area contributed by atoms with Gasteiger partial charge in [0.15, 0.2) is 5.71 Å². The predicted octanol–water partition coefficient (Wildman–Crippen LogP) is 7.62. The number of aryl methyl sites for hydroxylation is 1. The van der Waals surface area contributed by atoms with Crippen LogP contribution in [0.4, 0.5) is 23.0 Å². The molecule has 0 N–H and O–H groups in total. The number of para-hydroxylation sites is 1. The molecular formula is C27H28BF4N3. The third-order valence-corrected chi connectivity index (χ3v) is 6.47. The van der Waals surface area contributed by atoms with Crippen LogP contribution in [-0.4, -0.2) is 34.1 Å². The Morgan fingerprint density at radius 3 is 2.37 bits per heavy atom. The number of rotatable bonds is 4. The molecule has 0 aliphatic carbocycles. The Morgan fingerprint density at radius 2 is 1.69 bits per heavy atom. The van der Waals surface area contributed by atoms with Crippen molar-refractivity contribution in [2.24, 2.45) is 0 Å². The molecule has 182 valence electrons. The van der Waals surface area contributed by atoms with Crippen LogP contribution in [0, 0.1) is 0 Å². The molecule has 0 fully saturated rings. The van der Waals surface area contributed by atoms with Crippen molar-refractivity contribution in [3.63, 3.8) is 0 Å². The second-order valence-corrected chi connectivity index (χ2v) is 9.22. The van der Waals surface area contributed by atoms with Crippen LogP contribution in [0.25, 0.3) is 28.0 Å². The molecule has 0 atom stereocenters. The quantitative estimate of drug-likeness (QED) is 0.167. The van der Waals surface area contributed by atoms with E-state index in [1.807, 2.05) is 12.3 Å². The van der Waals surface area contributed by atoms with E-state index in [2.05, 4.69) is 103 Å². The monoisotopic (exact) mass is 481 g/mol. The molecule has 2 aromatic carbocycles. The zero-order valence-electron chi connectivity index (χ0n) is 20.3. The average molecular weight is 481 g/mol. The lowest BCUT2D eigenvalue weighted by atomic mass is 9.81. The summed E-state index contributed by atoms with van der Waals surface area (Å²) in [4.78, 5) is 4.66. The van der Waals surface area contributed by atoms with E-state index < -0.39 is 7.25 Å². The van der Waals surface area contributed by atoms with Crippen molar-refractivity contribution in [2.45, 2.75) is 39.2 Å². The first-order valence-corrected chi connectivity index (χ1v) is 11.7. The molecule has 0 radical (unpaired) electrons. The number of pyridine rings is 1. The molecule has 8 heteroatoms. The number of aromatic nitrogens is 2. The third kappa shape index (κ3) is 4.88. The Balaban J connectivity index is 0.000000527. The Hall–Kier alpha value is -3.42. The summed E-state index contributed by atoms with van der Waals surface area (Å²) in [5.41, 5.74) is 7.56. The zero-order chi connectivity index (χ0) is 25.4. The fourth-order valence-electron chi connectivity index (χ4n) is 4.97. The molecule has 3 nitrogen and oxygen atoms in total. The van der Waals surface area contributed by atoms with Gasteiger partial charge in [0.1, 0.15) is 12.7 Å². The van der Waals surface area contributed by atoms with Gasteiger partial charge < -0.3 is 21.8 Å². The molecule has 0 unspecified atom stereocenters. The SMILES string of the molecule is CCCn1c2ccc(C=CC3=[N+](C)c4ccccc4C3(C)C)cc2c2cccnc21.F[B-](F)(F)F. The van der Waals surface area contributed by atoms with Gasteiger partial charge in [-0.15, -0.1) is 0 Å². The first-order chi connectivity index (χ1) is 16.5. The molecule has 0 bridgehead atoms. The topological polar surface area (TPSA) is 20.8 Å². The van der Waals surface area contributed by atoms with Crippen LogP contribution in [0.1, 0.15) is 38.3 Å². The minimum absolute atomic E-state index is 0.00693. The van der Waals surface area contributed by atoms with Gasteiger partial charge in [0.05, 0.1) is 10.9 Å². The molecule has 35 heavy (non-hydrogen) atoms. The van der Waals surface area contributed by atoms with Crippen LogP contribution >= 0.6 is 0 Å². The van der Waals surface area contributed by atoms with Crippen LogP contribution < -0.4 is 0 Å². The van der Waals surface area contributed by atoms with Crippen molar-refractivity contribution in [1.29, 1.82) is 0 Å². The van der Waals surface area contributed by atoms with Crippen molar-refractivity contribution in [2.75, 3.05) is 7.05 Å². The van der Waals surface area contributed by atoms with Gasteiger partial charge in [0.2, 0.25) is 5.69 Å².